The molecular weight excluding hydrogens is 288 g/mol. The standard InChI is InChI=1S/C19H24N2O2/c1-2-4-18-13-16(5-6-17(18)3-1)14-20-8-10-21-9-7-19(15-21)22-11-12-23-19/h1-6,13,20H,7-12,14-15H2. The molecule has 0 aromatic heterocycles. The van der Waals surface area contributed by atoms with Crippen molar-refractivity contribution in [2.45, 2.75) is 18.8 Å². The second-order valence-corrected chi connectivity index (χ2v) is 6.49. The number of ether oxygens (including phenoxy) is 2. The first kappa shape index (κ1) is 15.1. The summed E-state index contributed by atoms with van der Waals surface area (Å²) in [4.78, 5) is 2.43. The van der Waals surface area contributed by atoms with E-state index in [2.05, 4.69) is 52.7 Å². The Morgan fingerprint density at radius 3 is 2.74 bits per heavy atom. The number of hydrogen-bond donors (Lipinski definition) is 1. The topological polar surface area (TPSA) is 33.7 Å². The molecule has 0 bridgehead atoms. The van der Waals surface area contributed by atoms with Gasteiger partial charge in [0.2, 0.25) is 0 Å². The zero-order chi connectivity index (χ0) is 15.5. The lowest BCUT2D eigenvalue weighted by Crippen LogP contribution is -2.36. The fourth-order valence-electron chi connectivity index (χ4n) is 3.57. The van der Waals surface area contributed by atoms with Crippen LogP contribution in [0, 0.1) is 0 Å². The molecule has 0 amide bonds. The molecule has 2 aromatic rings. The maximum atomic E-state index is 5.76. The molecule has 1 N–H and O–H groups in total. The van der Waals surface area contributed by atoms with Crippen molar-refractivity contribution in [1.82, 2.24) is 10.2 Å². The minimum atomic E-state index is -0.293. The summed E-state index contributed by atoms with van der Waals surface area (Å²) >= 11 is 0. The number of nitrogens with zero attached hydrogens (tertiary/aromatic N) is 1. The van der Waals surface area contributed by atoms with Crippen molar-refractivity contribution < 1.29 is 9.47 Å². The lowest BCUT2D eigenvalue weighted by atomic mass is 10.1. The fourth-order valence-corrected chi connectivity index (χ4v) is 3.57. The SMILES string of the molecule is c1ccc2cc(CNCCN3CCC4(C3)OCCO4)ccc2c1. The number of benzene rings is 2. The van der Waals surface area contributed by atoms with Crippen LogP contribution >= 0.6 is 0 Å². The molecule has 2 saturated heterocycles. The molecule has 2 fully saturated rings. The summed E-state index contributed by atoms with van der Waals surface area (Å²) in [7, 11) is 0. The van der Waals surface area contributed by atoms with E-state index in [4.69, 9.17) is 9.47 Å². The van der Waals surface area contributed by atoms with Gasteiger partial charge in [-0.2, -0.15) is 0 Å². The van der Waals surface area contributed by atoms with Crippen LogP contribution in [0.15, 0.2) is 42.5 Å². The van der Waals surface area contributed by atoms with Gasteiger partial charge in [0.25, 0.3) is 0 Å². The summed E-state index contributed by atoms with van der Waals surface area (Å²) in [5.74, 6) is -0.293. The van der Waals surface area contributed by atoms with E-state index in [0.717, 1.165) is 52.4 Å². The quantitative estimate of drug-likeness (QED) is 0.860. The molecular formula is C19H24N2O2. The van der Waals surface area contributed by atoms with Crippen molar-refractivity contribution in [3.63, 3.8) is 0 Å². The maximum absolute atomic E-state index is 5.76. The van der Waals surface area contributed by atoms with Gasteiger partial charge in [-0.1, -0.05) is 36.4 Å². The zero-order valence-electron chi connectivity index (χ0n) is 13.5. The van der Waals surface area contributed by atoms with Crippen molar-refractivity contribution in [3.05, 3.63) is 48.0 Å². The van der Waals surface area contributed by atoms with Crippen LogP contribution in [0.4, 0.5) is 0 Å². The van der Waals surface area contributed by atoms with Crippen LogP contribution < -0.4 is 5.32 Å². The molecule has 4 nitrogen and oxygen atoms in total. The first-order valence-electron chi connectivity index (χ1n) is 8.52. The third kappa shape index (κ3) is 3.40. The lowest BCUT2D eigenvalue weighted by molar-refractivity contribution is -0.145. The number of likely N-dealkylation sites (tertiary alicyclic amines) is 1. The van der Waals surface area contributed by atoms with Crippen molar-refractivity contribution >= 4 is 10.8 Å². The van der Waals surface area contributed by atoms with E-state index in [-0.39, 0.29) is 5.79 Å². The molecule has 0 radical (unpaired) electrons. The molecule has 2 aromatic carbocycles. The van der Waals surface area contributed by atoms with E-state index in [9.17, 15) is 0 Å². The van der Waals surface area contributed by atoms with Gasteiger partial charge < -0.3 is 14.8 Å². The van der Waals surface area contributed by atoms with Crippen LogP contribution in [0.5, 0.6) is 0 Å². The van der Waals surface area contributed by atoms with Gasteiger partial charge in [0, 0.05) is 32.6 Å². The smallest absolute Gasteiger partial charge is 0.182 e. The predicted molar refractivity (Wildman–Crippen MR) is 91.3 cm³/mol. The molecule has 4 rings (SSSR count). The minimum absolute atomic E-state index is 0.293. The monoisotopic (exact) mass is 312 g/mol. The second kappa shape index (κ2) is 6.57. The first-order chi connectivity index (χ1) is 11.3. The second-order valence-electron chi connectivity index (χ2n) is 6.49. The maximum Gasteiger partial charge on any atom is 0.182 e. The van der Waals surface area contributed by atoms with Crippen LogP contribution in [0.25, 0.3) is 10.8 Å². The van der Waals surface area contributed by atoms with E-state index in [1.54, 1.807) is 0 Å². The van der Waals surface area contributed by atoms with Crippen molar-refractivity contribution in [2.75, 3.05) is 39.4 Å². The van der Waals surface area contributed by atoms with Crippen LogP contribution in [-0.4, -0.2) is 50.1 Å². The zero-order valence-corrected chi connectivity index (χ0v) is 13.5. The largest absolute Gasteiger partial charge is 0.346 e. The van der Waals surface area contributed by atoms with Crippen LogP contribution in [0.1, 0.15) is 12.0 Å². The van der Waals surface area contributed by atoms with Crippen molar-refractivity contribution in [1.29, 1.82) is 0 Å². The number of fused-ring (bicyclic) bond motifs is 1. The molecule has 23 heavy (non-hydrogen) atoms. The predicted octanol–water partition coefficient (Wildman–Crippen LogP) is 2.38. The molecule has 0 unspecified atom stereocenters. The summed E-state index contributed by atoms with van der Waals surface area (Å²) in [6.07, 6.45) is 0.998. The van der Waals surface area contributed by atoms with Gasteiger partial charge in [0.05, 0.1) is 19.8 Å². The van der Waals surface area contributed by atoms with Gasteiger partial charge >= 0.3 is 0 Å². The van der Waals surface area contributed by atoms with Gasteiger partial charge in [-0.25, -0.2) is 0 Å². The molecule has 2 aliphatic rings. The molecule has 122 valence electrons. The molecule has 0 atom stereocenters. The van der Waals surface area contributed by atoms with Gasteiger partial charge in [-0.3, -0.25) is 4.90 Å². The Morgan fingerprint density at radius 2 is 1.87 bits per heavy atom. The van der Waals surface area contributed by atoms with E-state index >= 15 is 0 Å². The van der Waals surface area contributed by atoms with Crippen LogP contribution in [0.3, 0.4) is 0 Å². The highest BCUT2D eigenvalue weighted by molar-refractivity contribution is 5.82. The van der Waals surface area contributed by atoms with E-state index in [1.165, 1.54) is 16.3 Å². The highest BCUT2D eigenvalue weighted by atomic mass is 16.7. The summed E-state index contributed by atoms with van der Waals surface area (Å²) in [6.45, 7) is 6.41. The van der Waals surface area contributed by atoms with Gasteiger partial charge in [0.1, 0.15) is 0 Å². The number of hydrogen-bond acceptors (Lipinski definition) is 4. The molecule has 0 aliphatic carbocycles. The van der Waals surface area contributed by atoms with Gasteiger partial charge in [-0.15, -0.1) is 0 Å². The molecule has 1 spiro atoms. The van der Waals surface area contributed by atoms with Crippen molar-refractivity contribution in [2.24, 2.45) is 0 Å². The summed E-state index contributed by atoms with van der Waals surface area (Å²) in [6, 6.07) is 15.2. The summed E-state index contributed by atoms with van der Waals surface area (Å²) in [5, 5.41) is 6.16. The summed E-state index contributed by atoms with van der Waals surface area (Å²) in [5.41, 5.74) is 1.34. The highest BCUT2D eigenvalue weighted by Gasteiger charge is 2.42. The normalized spacial score (nSPS) is 20.7. The highest BCUT2D eigenvalue weighted by Crippen LogP contribution is 2.29. The van der Waals surface area contributed by atoms with E-state index in [0.29, 0.717) is 0 Å². The van der Waals surface area contributed by atoms with Gasteiger partial charge in [-0.05, 0) is 22.4 Å². The average Bonchev–Trinajstić information content (AvgIpc) is 3.22. The Balaban J connectivity index is 1.24. The third-order valence-electron chi connectivity index (χ3n) is 4.83. The number of rotatable bonds is 5. The van der Waals surface area contributed by atoms with Crippen LogP contribution in [-0.2, 0) is 16.0 Å². The minimum Gasteiger partial charge on any atom is -0.346 e. The Morgan fingerprint density at radius 1 is 1.04 bits per heavy atom. The number of nitrogens with one attached hydrogen (secondary N) is 1. The molecule has 2 aliphatic heterocycles. The fraction of sp³-hybridized carbons (Fsp3) is 0.474. The van der Waals surface area contributed by atoms with Crippen molar-refractivity contribution in [3.8, 4) is 0 Å². The third-order valence-corrected chi connectivity index (χ3v) is 4.83. The Hall–Kier alpha value is -1.46. The first-order valence-corrected chi connectivity index (χ1v) is 8.52. The molecule has 2 heterocycles. The Bertz CT molecular complexity index is 667. The average molecular weight is 312 g/mol. The van der Waals surface area contributed by atoms with Crippen LogP contribution in [0.2, 0.25) is 0 Å². The Kier molecular flexibility index (Phi) is 4.31. The Labute approximate surface area is 137 Å². The lowest BCUT2D eigenvalue weighted by Gasteiger charge is -2.22. The molecule has 4 heteroatoms. The van der Waals surface area contributed by atoms with Gasteiger partial charge in [0.15, 0.2) is 5.79 Å². The van der Waals surface area contributed by atoms with E-state index < -0.39 is 0 Å². The molecule has 0 saturated carbocycles. The van der Waals surface area contributed by atoms with E-state index in [1.807, 2.05) is 0 Å². The summed E-state index contributed by atoms with van der Waals surface area (Å²) < 4.78 is 11.5.